The molecule has 0 spiro atoms. The predicted molar refractivity (Wildman–Crippen MR) is 88.6 cm³/mol. The minimum absolute atomic E-state index is 0.0170. The molecule has 8 heteroatoms. The first-order chi connectivity index (χ1) is 11.6. The lowest BCUT2D eigenvalue weighted by atomic mass is 10.2. The summed E-state index contributed by atoms with van der Waals surface area (Å²) < 4.78 is 5.08. The second kappa shape index (κ2) is 7.10. The van der Waals surface area contributed by atoms with Crippen molar-refractivity contribution in [1.29, 1.82) is 0 Å². The number of aromatic amines is 1. The highest BCUT2D eigenvalue weighted by atomic mass is 35.5. The van der Waals surface area contributed by atoms with E-state index >= 15 is 0 Å². The number of nitrogens with zero attached hydrogens (tertiary/aromatic N) is 2. The number of amides is 1. The van der Waals surface area contributed by atoms with Crippen molar-refractivity contribution in [2.75, 3.05) is 0 Å². The maximum atomic E-state index is 11.9. The zero-order valence-electron chi connectivity index (χ0n) is 12.5. The van der Waals surface area contributed by atoms with Crippen LogP contribution in [0.15, 0.2) is 47.4 Å². The van der Waals surface area contributed by atoms with Gasteiger partial charge in [0.15, 0.2) is 5.65 Å². The highest BCUT2D eigenvalue weighted by molar-refractivity contribution is 6.31. The fourth-order valence-corrected chi connectivity index (χ4v) is 2.26. The summed E-state index contributed by atoms with van der Waals surface area (Å²) in [6, 6.07) is 10.4. The molecule has 0 radical (unpaired) electrons. The first kappa shape index (κ1) is 15.9. The summed E-state index contributed by atoms with van der Waals surface area (Å²) in [5.41, 5.74) is 0.715. The minimum Gasteiger partial charge on any atom is -0.445 e. The lowest BCUT2D eigenvalue weighted by molar-refractivity contribution is 0.139. The Balaban J connectivity index is 1.60. The Morgan fingerprint density at radius 1 is 1.25 bits per heavy atom. The van der Waals surface area contributed by atoms with E-state index in [0.29, 0.717) is 27.4 Å². The fraction of sp³-hybridized carbons (Fsp3) is 0.125. The van der Waals surface area contributed by atoms with Gasteiger partial charge in [0.25, 0.3) is 5.56 Å². The molecule has 24 heavy (non-hydrogen) atoms. The normalized spacial score (nSPS) is 10.5. The molecule has 2 heterocycles. The third-order valence-corrected chi connectivity index (χ3v) is 3.62. The molecule has 0 aliphatic rings. The number of hydrogen-bond acceptors (Lipinski definition) is 5. The van der Waals surface area contributed by atoms with E-state index in [0.717, 1.165) is 0 Å². The first-order valence-corrected chi connectivity index (χ1v) is 7.49. The number of ether oxygens (including phenoxy) is 1. The van der Waals surface area contributed by atoms with Crippen LogP contribution >= 0.6 is 11.6 Å². The van der Waals surface area contributed by atoms with E-state index in [9.17, 15) is 9.59 Å². The third kappa shape index (κ3) is 3.69. The number of aromatic nitrogens is 3. The molecule has 7 nitrogen and oxygen atoms in total. The number of carbonyl (C=O) groups excluding carboxylic acids is 1. The van der Waals surface area contributed by atoms with Crippen molar-refractivity contribution in [1.82, 2.24) is 20.3 Å². The highest BCUT2D eigenvalue weighted by Gasteiger charge is 2.08. The maximum absolute atomic E-state index is 11.9. The average molecular weight is 345 g/mol. The van der Waals surface area contributed by atoms with Crippen LogP contribution in [-0.4, -0.2) is 21.0 Å². The summed E-state index contributed by atoms with van der Waals surface area (Å²) in [6.07, 6.45) is 0.905. The van der Waals surface area contributed by atoms with Gasteiger partial charge in [0, 0.05) is 16.8 Å². The number of fused-ring (bicyclic) bond motifs is 1. The molecule has 2 N–H and O–H groups in total. The average Bonchev–Trinajstić information content (AvgIpc) is 2.59. The fourth-order valence-electron chi connectivity index (χ4n) is 2.07. The van der Waals surface area contributed by atoms with Gasteiger partial charge in [0.1, 0.15) is 12.4 Å². The van der Waals surface area contributed by atoms with Crippen LogP contribution in [-0.2, 0) is 17.9 Å². The van der Waals surface area contributed by atoms with Gasteiger partial charge in [-0.05, 0) is 18.2 Å². The van der Waals surface area contributed by atoms with E-state index in [-0.39, 0.29) is 18.7 Å². The lowest BCUT2D eigenvalue weighted by Crippen LogP contribution is -2.26. The van der Waals surface area contributed by atoms with E-state index in [4.69, 9.17) is 16.3 Å². The number of benzene rings is 1. The molecule has 0 saturated carbocycles. The quantitative estimate of drug-likeness (QED) is 0.757. The topological polar surface area (TPSA) is 97.0 Å². The van der Waals surface area contributed by atoms with Gasteiger partial charge in [-0.15, -0.1) is 0 Å². The summed E-state index contributed by atoms with van der Waals surface area (Å²) >= 11 is 5.99. The predicted octanol–water partition coefficient (Wildman–Crippen LogP) is 2.40. The van der Waals surface area contributed by atoms with Crippen LogP contribution in [0.1, 0.15) is 11.4 Å². The molecule has 0 aliphatic carbocycles. The van der Waals surface area contributed by atoms with E-state index in [1.54, 1.807) is 42.6 Å². The summed E-state index contributed by atoms with van der Waals surface area (Å²) in [5.74, 6) is 0.292. The van der Waals surface area contributed by atoms with Gasteiger partial charge in [-0.1, -0.05) is 29.8 Å². The number of alkyl carbamates (subject to hydrolysis) is 1. The molecule has 0 atom stereocenters. The second-order valence-electron chi connectivity index (χ2n) is 4.91. The number of rotatable bonds is 4. The molecule has 1 aromatic carbocycles. The molecule has 0 bridgehead atoms. The van der Waals surface area contributed by atoms with Crippen LogP contribution in [0.25, 0.3) is 11.0 Å². The molecule has 0 saturated heterocycles. The van der Waals surface area contributed by atoms with Crippen LogP contribution in [0, 0.1) is 0 Å². The standard InChI is InChI=1S/C16H13ClN4O3/c17-12-6-2-1-4-10(12)9-24-16(23)19-8-13-20-14-11(15(22)21-13)5-3-7-18-14/h1-7H,8-9H2,(H,19,23)(H,18,20,21,22). The largest absolute Gasteiger partial charge is 0.445 e. The number of pyridine rings is 1. The number of carbonyl (C=O) groups is 1. The van der Waals surface area contributed by atoms with Gasteiger partial charge in [0.05, 0.1) is 11.9 Å². The van der Waals surface area contributed by atoms with Gasteiger partial charge in [0.2, 0.25) is 0 Å². The Morgan fingerprint density at radius 2 is 2.08 bits per heavy atom. The summed E-state index contributed by atoms with van der Waals surface area (Å²) in [4.78, 5) is 34.4. The van der Waals surface area contributed by atoms with Crippen molar-refractivity contribution >= 4 is 28.7 Å². The van der Waals surface area contributed by atoms with E-state index in [2.05, 4.69) is 20.3 Å². The van der Waals surface area contributed by atoms with Crippen molar-refractivity contribution in [3.63, 3.8) is 0 Å². The Hall–Kier alpha value is -2.93. The van der Waals surface area contributed by atoms with E-state index in [1.165, 1.54) is 0 Å². The Kier molecular flexibility index (Phi) is 4.72. The number of hydrogen-bond donors (Lipinski definition) is 2. The Labute approximate surface area is 141 Å². The smallest absolute Gasteiger partial charge is 0.407 e. The van der Waals surface area contributed by atoms with Crippen molar-refractivity contribution in [3.05, 3.63) is 69.4 Å². The van der Waals surface area contributed by atoms with Crippen molar-refractivity contribution in [2.45, 2.75) is 13.2 Å². The van der Waals surface area contributed by atoms with Crippen LogP contribution in [0.3, 0.4) is 0 Å². The zero-order valence-corrected chi connectivity index (χ0v) is 13.2. The summed E-state index contributed by atoms with van der Waals surface area (Å²) in [5, 5.41) is 3.43. The summed E-state index contributed by atoms with van der Waals surface area (Å²) in [6.45, 7) is 0.0673. The molecule has 2 aromatic heterocycles. The Bertz CT molecular complexity index is 942. The molecule has 0 unspecified atom stereocenters. The van der Waals surface area contributed by atoms with Crippen molar-refractivity contribution in [2.24, 2.45) is 0 Å². The van der Waals surface area contributed by atoms with Gasteiger partial charge >= 0.3 is 6.09 Å². The molecule has 122 valence electrons. The molecule has 0 fully saturated rings. The molecule has 0 aliphatic heterocycles. The minimum atomic E-state index is -0.640. The maximum Gasteiger partial charge on any atom is 0.407 e. The molecule has 3 aromatic rings. The first-order valence-electron chi connectivity index (χ1n) is 7.11. The third-order valence-electron chi connectivity index (χ3n) is 3.25. The lowest BCUT2D eigenvalue weighted by Gasteiger charge is -2.08. The van der Waals surface area contributed by atoms with E-state index < -0.39 is 6.09 Å². The monoisotopic (exact) mass is 344 g/mol. The zero-order chi connectivity index (χ0) is 16.9. The number of halogens is 1. The van der Waals surface area contributed by atoms with E-state index in [1.807, 2.05) is 0 Å². The molecule has 3 rings (SSSR count). The molecular formula is C16H13ClN4O3. The highest BCUT2D eigenvalue weighted by Crippen LogP contribution is 2.15. The summed E-state index contributed by atoms with van der Waals surface area (Å²) in [7, 11) is 0. The van der Waals surface area contributed by atoms with Crippen LogP contribution < -0.4 is 10.9 Å². The van der Waals surface area contributed by atoms with Gasteiger partial charge < -0.3 is 15.0 Å². The van der Waals surface area contributed by atoms with Gasteiger partial charge in [-0.3, -0.25) is 4.79 Å². The van der Waals surface area contributed by atoms with Crippen LogP contribution in [0.4, 0.5) is 4.79 Å². The SMILES string of the molecule is O=C(NCc1nc2ncccc2c(=O)[nH]1)OCc1ccccc1Cl. The van der Waals surface area contributed by atoms with Gasteiger partial charge in [-0.25, -0.2) is 14.8 Å². The number of H-pyrrole nitrogens is 1. The molecule has 1 amide bonds. The number of nitrogens with one attached hydrogen (secondary N) is 2. The van der Waals surface area contributed by atoms with Crippen molar-refractivity contribution in [3.8, 4) is 0 Å². The van der Waals surface area contributed by atoms with Gasteiger partial charge in [-0.2, -0.15) is 0 Å². The van der Waals surface area contributed by atoms with Crippen LogP contribution in [0.5, 0.6) is 0 Å². The van der Waals surface area contributed by atoms with Crippen molar-refractivity contribution < 1.29 is 9.53 Å². The Morgan fingerprint density at radius 3 is 2.92 bits per heavy atom. The molecular weight excluding hydrogens is 332 g/mol. The van der Waals surface area contributed by atoms with Crippen LogP contribution in [0.2, 0.25) is 5.02 Å². The second-order valence-corrected chi connectivity index (χ2v) is 5.32.